The zero-order valence-corrected chi connectivity index (χ0v) is 18.1. The van der Waals surface area contributed by atoms with Crippen LogP contribution in [-0.4, -0.2) is 35.1 Å². The molecular formula is C25H27N3O4. The van der Waals surface area contributed by atoms with Crippen molar-refractivity contribution in [3.8, 4) is 0 Å². The van der Waals surface area contributed by atoms with E-state index >= 15 is 0 Å². The van der Waals surface area contributed by atoms with E-state index in [0.29, 0.717) is 38.0 Å². The third kappa shape index (κ3) is 4.28. The molecule has 0 saturated carbocycles. The average Bonchev–Trinajstić information content (AvgIpc) is 3.16. The summed E-state index contributed by atoms with van der Waals surface area (Å²) in [5, 5.41) is 5.34. The van der Waals surface area contributed by atoms with Crippen molar-refractivity contribution in [2.45, 2.75) is 44.6 Å². The van der Waals surface area contributed by atoms with E-state index in [2.05, 4.69) is 10.6 Å². The number of carbonyl (C=O) groups is 4. The van der Waals surface area contributed by atoms with Gasteiger partial charge in [0.2, 0.25) is 23.6 Å². The number of rotatable bonds is 6. The van der Waals surface area contributed by atoms with Gasteiger partial charge >= 0.3 is 0 Å². The number of hydrogen-bond acceptors (Lipinski definition) is 4. The summed E-state index contributed by atoms with van der Waals surface area (Å²) in [7, 11) is 0. The summed E-state index contributed by atoms with van der Waals surface area (Å²) in [4.78, 5) is 51.0. The molecule has 2 heterocycles. The molecule has 2 atom stereocenters. The normalized spacial score (nSPS) is 23.2. The maximum absolute atomic E-state index is 12.8. The molecule has 0 radical (unpaired) electrons. The lowest BCUT2D eigenvalue weighted by molar-refractivity contribution is -0.138. The molecule has 2 saturated heterocycles. The van der Waals surface area contributed by atoms with Gasteiger partial charge in [-0.15, -0.1) is 0 Å². The van der Waals surface area contributed by atoms with E-state index in [9.17, 15) is 19.2 Å². The number of nitrogens with one attached hydrogen (secondary N) is 2. The highest BCUT2D eigenvalue weighted by Gasteiger charge is 2.42. The number of likely N-dealkylation sites (tertiary alicyclic amines) is 1. The molecule has 7 nitrogen and oxygen atoms in total. The third-order valence-electron chi connectivity index (χ3n) is 6.58. The molecule has 2 aromatic rings. The van der Waals surface area contributed by atoms with Crippen LogP contribution in [0.2, 0.25) is 0 Å². The molecule has 2 fully saturated rings. The lowest BCUT2D eigenvalue weighted by Crippen LogP contribution is -2.51. The van der Waals surface area contributed by atoms with Gasteiger partial charge < -0.3 is 10.2 Å². The van der Waals surface area contributed by atoms with Crippen molar-refractivity contribution >= 4 is 29.3 Å². The minimum Gasteiger partial charge on any atom is -0.338 e. The van der Waals surface area contributed by atoms with Crippen molar-refractivity contribution in [1.29, 1.82) is 0 Å². The Bertz CT molecular complexity index is 1030. The van der Waals surface area contributed by atoms with Crippen LogP contribution in [0.4, 0.5) is 5.69 Å². The highest BCUT2D eigenvalue weighted by atomic mass is 16.2. The summed E-state index contributed by atoms with van der Waals surface area (Å²) in [6, 6.07) is 16.9. The van der Waals surface area contributed by atoms with Crippen LogP contribution in [0.3, 0.4) is 0 Å². The molecule has 2 unspecified atom stereocenters. The first kappa shape index (κ1) is 21.7. The van der Waals surface area contributed by atoms with Crippen molar-refractivity contribution in [3.63, 3.8) is 0 Å². The lowest BCUT2D eigenvalue weighted by Gasteiger charge is -2.35. The molecule has 2 N–H and O–H groups in total. The number of carbonyl (C=O) groups excluding carboxylic acids is 4. The summed E-state index contributed by atoms with van der Waals surface area (Å²) in [6.07, 6.45) is 1.57. The first-order valence-electron chi connectivity index (χ1n) is 11.0. The average molecular weight is 434 g/mol. The maximum Gasteiger partial charge on any atom is 0.237 e. The maximum atomic E-state index is 12.8. The Kier molecular flexibility index (Phi) is 6.08. The molecule has 2 aliphatic heterocycles. The molecule has 7 heteroatoms. The first-order valence-corrected chi connectivity index (χ1v) is 11.0. The summed E-state index contributed by atoms with van der Waals surface area (Å²) >= 11 is 0. The van der Waals surface area contributed by atoms with Crippen molar-refractivity contribution in [1.82, 2.24) is 10.2 Å². The predicted octanol–water partition coefficient (Wildman–Crippen LogP) is 2.76. The van der Waals surface area contributed by atoms with E-state index in [-0.39, 0.29) is 30.0 Å². The van der Waals surface area contributed by atoms with Crippen LogP contribution in [0.25, 0.3) is 0 Å². The second kappa shape index (κ2) is 8.94. The number of imide groups is 1. The Labute approximate surface area is 187 Å². The molecule has 166 valence electrons. The fourth-order valence-electron chi connectivity index (χ4n) is 4.59. The van der Waals surface area contributed by atoms with Gasteiger partial charge in [-0.2, -0.15) is 0 Å². The Hall–Kier alpha value is -3.48. The fourth-order valence-corrected chi connectivity index (χ4v) is 4.59. The second-order valence-corrected chi connectivity index (χ2v) is 8.54. The summed E-state index contributed by atoms with van der Waals surface area (Å²) in [6.45, 7) is 2.83. The van der Waals surface area contributed by atoms with Gasteiger partial charge in [-0.1, -0.05) is 49.4 Å². The SMILES string of the molecule is CCC1(c2ccc(NC(=O)C3CC(=O)N(Cc4ccccc4)C3)cc2)CCC(=O)NC1=O. The van der Waals surface area contributed by atoms with Gasteiger partial charge in [-0.05, 0) is 36.1 Å². The van der Waals surface area contributed by atoms with Crippen LogP contribution < -0.4 is 10.6 Å². The topological polar surface area (TPSA) is 95.6 Å². The van der Waals surface area contributed by atoms with Crippen LogP contribution >= 0.6 is 0 Å². The zero-order chi connectivity index (χ0) is 22.7. The highest BCUT2D eigenvalue weighted by Crippen LogP contribution is 2.36. The molecule has 4 rings (SSSR count). The van der Waals surface area contributed by atoms with E-state index in [4.69, 9.17) is 0 Å². The molecule has 0 spiro atoms. The predicted molar refractivity (Wildman–Crippen MR) is 119 cm³/mol. The van der Waals surface area contributed by atoms with E-state index < -0.39 is 11.3 Å². The monoisotopic (exact) mass is 433 g/mol. The summed E-state index contributed by atoms with van der Waals surface area (Å²) < 4.78 is 0. The minimum absolute atomic E-state index is 0.0212. The number of anilines is 1. The highest BCUT2D eigenvalue weighted by molar-refractivity contribution is 6.03. The second-order valence-electron chi connectivity index (χ2n) is 8.54. The van der Waals surface area contributed by atoms with Gasteiger partial charge in [0.05, 0.1) is 11.3 Å². The van der Waals surface area contributed by atoms with E-state index in [1.165, 1.54) is 0 Å². The van der Waals surface area contributed by atoms with Crippen LogP contribution in [0.1, 0.15) is 43.7 Å². The molecule has 2 aromatic carbocycles. The van der Waals surface area contributed by atoms with Crippen LogP contribution in [0.15, 0.2) is 54.6 Å². The Morgan fingerprint density at radius 2 is 1.81 bits per heavy atom. The fraction of sp³-hybridized carbons (Fsp3) is 0.360. The molecule has 4 amide bonds. The number of hydrogen-bond donors (Lipinski definition) is 2. The van der Waals surface area contributed by atoms with E-state index in [1.807, 2.05) is 49.4 Å². The Balaban J connectivity index is 1.39. The number of piperidine rings is 1. The molecule has 0 aromatic heterocycles. The minimum atomic E-state index is -0.730. The number of amides is 4. The van der Waals surface area contributed by atoms with Crippen LogP contribution in [0, 0.1) is 5.92 Å². The Morgan fingerprint density at radius 3 is 2.47 bits per heavy atom. The molecule has 0 bridgehead atoms. The standard InChI is InChI=1S/C25H27N3O4/c1-2-25(13-12-21(29)27-24(25)32)19-8-10-20(11-9-19)26-23(31)18-14-22(30)28(16-18)15-17-6-4-3-5-7-17/h3-11,18H,2,12-16H2,1H3,(H,26,31)(H,27,29,32). The van der Waals surface area contributed by atoms with Gasteiger partial charge in [0, 0.05) is 31.6 Å². The van der Waals surface area contributed by atoms with Crippen molar-refractivity contribution in [2.24, 2.45) is 5.92 Å². The van der Waals surface area contributed by atoms with Gasteiger partial charge in [0.25, 0.3) is 0 Å². The van der Waals surface area contributed by atoms with Crippen molar-refractivity contribution < 1.29 is 19.2 Å². The third-order valence-corrected chi connectivity index (χ3v) is 6.58. The number of nitrogens with zero attached hydrogens (tertiary/aromatic N) is 1. The summed E-state index contributed by atoms with van der Waals surface area (Å²) in [5.74, 6) is -1.12. The summed E-state index contributed by atoms with van der Waals surface area (Å²) in [5.41, 5.74) is 1.75. The van der Waals surface area contributed by atoms with Gasteiger partial charge in [-0.25, -0.2) is 0 Å². The molecular weight excluding hydrogens is 406 g/mol. The first-order chi connectivity index (χ1) is 15.4. The van der Waals surface area contributed by atoms with E-state index in [0.717, 1.165) is 11.1 Å². The smallest absolute Gasteiger partial charge is 0.237 e. The quantitative estimate of drug-likeness (QED) is 0.685. The van der Waals surface area contributed by atoms with Gasteiger partial charge in [-0.3, -0.25) is 24.5 Å². The van der Waals surface area contributed by atoms with E-state index in [1.54, 1.807) is 17.0 Å². The Morgan fingerprint density at radius 1 is 1.09 bits per heavy atom. The number of benzene rings is 2. The lowest BCUT2D eigenvalue weighted by atomic mass is 9.72. The van der Waals surface area contributed by atoms with Gasteiger partial charge in [0.15, 0.2) is 0 Å². The zero-order valence-electron chi connectivity index (χ0n) is 18.1. The van der Waals surface area contributed by atoms with Crippen molar-refractivity contribution in [3.05, 3.63) is 65.7 Å². The van der Waals surface area contributed by atoms with Crippen LogP contribution in [0.5, 0.6) is 0 Å². The van der Waals surface area contributed by atoms with Crippen LogP contribution in [-0.2, 0) is 31.1 Å². The molecule has 2 aliphatic rings. The largest absolute Gasteiger partial charge is 0.338 e. The molecule has 0 aliphatic carbocycles. The van der Waals surface area contributed by atoms with Gasteiger partial charge in [0.1, 0.15) is 0 Å². The van der Waals surface area contributed by atoms with Crippen molar-refractivity contribution in [2.75, 3.05) is 11.9 Å². The molecule has 32 heavy (non-hydrogen) atoms.